The minimum absolute atomic E-state index is 0.356. The van der Waals surface area contributed by atoms with Crippen LogP contribution in [0.5, 0.6) is 0 Å². The van der Waals surface area contributed by atoms with E-state index in [4.69, 9.17) is 0 Å². The molecule has 1 saturated heterocycles. The maximum Gasteiger partial charge on any atom is 0.417 e. The largest absolute Gasteiger partial charge is 0.417 e. The Labute approximate surface area is 125 Å². The van der Waals surface area contributed by atoms with Gasteiger partial charge in [-0.1, -0.05) is 12.1 Å². The van der Waals surface area contributed by atoms with Gasteiger partial charge in [0.25, 0.3) is 5.91 Å². The van der Waals surface area contributed by atoms with Gasteiger partial charge < -0.3 is 16.0 Å². The molecule has 8 heteroatoms. The molecule has 0 radical (unpaired) electrons. The molecular formula is C14H16F3N3O2. The Hall–Kier alpha value is -2.09. The first-order chi connectivity index (χ1) is 10.4. The van der Waals surface area contributed by atoms with Crippen LogP contribution in [0.15, 0.2) is 24.3 Å². The summed E-state index contributed by atoms with van der Waals surface area (Å²) in [5.74, 6) is -0.983. The summed E-state index contributed by atoms with van der Waals surface area (Å²) in [6, 6.07) is 4.46. The van der Waals surface area contributed by atoms with Gasteiger partial charge in [0.2, 0.25) is 5.91 Å². The molecule has 1 aliphatic rings. The summed E-state index contributed by atoms with van der Waals surface area (Å²) >= 11 is 0. The first-order valence-electron chi connectivity index (χ1n) is 6.80. The van der Waals surface area contributed by atoms with Gasteiger partial charge in [-0.2, -0.15) is 13.2 Å². The topological polar surface area (TPSA) is 70.2 Å². The summed E-state index contributed by atoms with van der Waals surface area (Å²) in [6.07, 6.45) is -4.62. The van der Waals surface area contributed by atoms with E-state index in [1.807, 2.05) is 0 Å². The highest BCUT2D eigenvalue weighted by Crippen LogP contribution is 2.31. The molecule has 3 N–H and O–H groups in total. The molecule has 0 aliphatic carbocycles. The minimum atomic E-state index is -4.62. The molecular weight excluding hydrogens is 299 g/mol. The SMILES string of the molecule is O=C(CNC(=O)c1ccccc1C(F)(F)F)NCC1CNC1. The van der Waals surface area contributed by atoms with E-state index in [1.54, 1.807) is 0 Å². The molecule has 1 aromatic carbocycles. The Balaban J connectivity index is 1.88. The van der Waals surface area contributed by atoms with E-state index in [2.05, 4.69) is 16.0 Å². The van der Waals surface area contributed by atoms with Crippen molar-refractivity contribution in [1.29, 1.82) is 0 Å². The van der Waals surface area contributed by atoms with E-state index in [0.717, 1.165) is 25.2 Å². The summed E-state index contributed by atoms with van der Waals surface area (Å²) in [5, 5.41) is 7.87. The molecule has 1 aliphatic heterocycles. The molecule has 0 unspecified atom stereocenters. The van der Waals surface area contributed by atoms with Crippen molar-refractivity contribution in [3.63, 3.8) is 0 Å². The number of carbonyl (C=O) groups excluding carboxylic acids is 2. The second-order valence-electron chi connectivity index (χ2n) is 5.05. The Morgan fingerprint density at radius 3 is 2.45 bits per heavy atom. The van der Waals surface area contributed by atoms with Crippen LogP contribution < -0.4 is 16.0 Å². The molecule has 0 atom stereocenters. The molecule has 1 aromatic rings. The van der Waals surface area contributed by atoms with E-state index < -0.39 is 29.1 Å². The Morgan fingerprint density at radius 2 is 1.86 bits per heavy atom. The number of hydrogen-bond donors (Lipinski definition) is 3. The summed E-state index contributed by atoms with van der Waals surface area (Å²) < 4.78 is 38.4. The monoisotopic (exact) mass is 315 g/mol. The average molecular weight is 315 g/mol. The van der Waals surface area contributed by atoms with Gasteiger partial charge in [-0.15, -0.1) is 0 Å². The lowest BCUT2D eigenvalue weighted by atomic mass is 10.0. The van der Waals surface area contributed by atoms with Crippen molar-refractivity contribution >= 4 is 11.8 Å². The second kappa shape index (κ2) is 6.78. The number of halogens is 3. The van der Waals surface area contributed by atoms with Crippen molar-refractivity contribution in [3.05, 3.63) is 35.4 Å². The number of rotatable bonds is 5. The Kier molecular flexibility index (Phi) is 5.02. The van der Waals surface area contributed by atoms with Crippen LogP contribution in [-0.2, 0) is 11.0 Å². The Morgan fingerprint density at radius 1 is 1.18 bits per heavy atom. The van der Waals surface area contributed by atoms with Crippen LogP contribution in [0, 0.1) is 5.92 Å². The van der Waals surface area contributed by atoms with Crippen molar-refractivity contribution in [3.8, 4) is 0 Å². The summed E-state index contributed by atoms with van der Waals surface area (Å²) in [7, 11) is 0. The van der Waals surface area contributed by atoms with Crippen LogP contribution in [0.1, 0.15) is 15.9 Å². The van der Waals surface area contributed by atoms with Gasteiger partial charge in [-0.25, -0.2) is 0 Å². The summed E-state index contributed by atoms with van der Waals surface area (Å²) in [5.41, 5.74) is -1.51. The highest BCUT2D eigenvalue weighted by Gasteiger charge is 2.34. The van der Waals surface area contributed by atoms with E-state index in [1.165, 1.54) is 12.1 Å². The zero-order valence-electron chi connectivity index (χ0n) is 11.7. The molecule has 2 rings (SSSR count). The van der Waals surface area contributed by atoms with Crippen LogP contribution in [0.3, 0.4) is 0 Å². The fourth-order valence-corrected chi connectivity index (χ4v) is 2.00. The van der Waals surface area contributed by atoms with Gasteiger partial charge >= 0.3 is 6.18 Å². The minimum Gasteiger partial charge on any atom is -0.354 e. The summed E-state index contributed by atoms with van der Waals surface area (Å²) in [4.78, 5) is 23.4. The van der Waals surface area contributed by atoms with E-state index in [-0.39, 0.29) is 6.54 Å². The molecule has 22 heavy (non-hydrogen) atoms. The van der Waals surface area contributed by atoms with E-state index in [9.17, 15) is 22.8 Å². The molecule has 2 amide bonds. The first kappa shape index (κ1) is 16.3. The quantitative estimate of drug-likeness (QED) is 0.752. The molecule has 120 valence electrons. The maximum absolute atomic E-state index is 12.8. The van der Waals surface area contributed by atoms with Gasteiger partial charge in [0.15, 0.2) is 0 Å². The number of carbonyl (C=O) groups is 2. The molecule has 0 spiro atoms. The van der Waals surface area contributed by atoms with Crippen molar-refractivity contribution < 1.29 is 22.8 Å². The van der Waals surface area contributed by atoms with Gasteiger partial charge in [-0.05, 0) is 12.1 Å². The fraction of sp³-hybridized carbons (Fsp3) is 0.429. The van der Waals surface area contributed by atoms with Crippen molar-refractivity contribution in [1.82, 2.24) is 16.0 Å². The Bertz CT molecular complexity index is 557. The van der Waals surface area contributed by atoms with Gasteiger partial charge in [0.05, 0.1) is 17.7 Å². The predicted molar refractivity (Wildman–Crippen MR) is 73.1 cm³/mol. The molecule has 0 saturated carbocycles. The second-order valence-corrected chi connectivity index (χ2v) is 5.05. The van der Waals surface area contributed by atoms with Crippen LogP contribution in [-0.4, -0.2) is 38.0 Å². The van der Waals surface area contributed by atoms with E-state index >= 15 is 0 Å². The number of amides is 2. The summed E-state index contributed by atoms with van der Waals surface area (Å²) in [6.45, 7) is 1.78. The predicted octanol–water partition coefficient (Wildman–Crippen LogP) is 0.771. The number of alkyl halides is 3. The van der Waals surface area contributed by atoms with Crippen molar-refractivity contribution in [2.24, 2.45) is 5.92 Å². The zero-order valence-corrected chi connectivity index (χ0v) is 11.7. The van der Waals surface area contributed by atoms with Crippen LogP contribution in [0.25, 0.3) is 0 Å². The third-order valence-corrected chi connectivity index (χ3v) is 3.34. The third kappa shape index (κ3) is 4.20. The smallest absolute Gasteiger partial charge is 0.354 e. The third-order valence-electron chi connectivity index (χ3n) is 3.34. The standard InChI is InChI=1S/C14H16F3N3O2/c15-14(16,17)11-4-2-1-3-10(11)13(22)20-8-12(21)19-7-9-5-18-6-9/h1-4,9,18H,5-8H2,(H,19,21)(H,20,22). The molecule has 0 aromatic heterocycles. The zero-order chi connectivity index (χ0) is 16.2. The normalized spacial score (nSPS) is 15.0. The highest BCUT2D eigenvalue weighted by molar-refractivity contribution is 5.97. The first-order valence-corrected chi connectivity index (χ1v) is 6.80. The highest BCUT2D eigenvalue weighted by atomic mass is 19.4. The van der Waals surface area contributed by atoms with Crippen LogP contribution >= 0.6 is 0 Å². The fourth-order valence-electron chi connectivity index (χ4n) is 2.00. The van der Waals surface area contributed by atoms with Crippen molar-refractivity contribution in [2.45, 2.75) is 6.18 Å². The molecule has 0 bridgehead atoms. The van der Waals surface area contributed by atoms with Gasteiger partial charge in [-0.3, -0.25) is 9.59 Å². The van der Waals surface area contributed by atoms with Gasteiger partial charge in [0.1, 0.15) is 0 Å². The maximum atomic E-state index is 12.8. The lowest BCUT2D eigenvalue weighted by Crippen LogP contribution is -2.49. The molecule has 5 nitrogen and oxygen atoms in total. The van der Waals surface area contributed by atoms with Crippen LogP contribution in [0.2, 0.25) is 0 Å². The lowest BCUT2D eigenvalue weighted by Gasteiger charge is -2.27. The molecule has 1 heterocycles. The average Bonchev–Trinajstić information content (AvgIpc) is 2.42. The number of hydrogen-bond acceptors (Lipinski definition) is 3. The lowest BCUT2D eigenvalue weighted by molar-refractivity contribution is -0.137. The molecule has 1 fully saturated rings. The van der Waals surface area contributed by atoms with Crippen LogP contribution in [0.4, 0.5) is 13.2 Å². The van der Waals surface area contributed by atoms with Gasteiger partial charge in [0, 0.05) is 25.6 Å². The number of nitrogens with one attached hydrogen (secondary N) is 3. The van der Waals surface area contributed by atoms with E-state index in [0.29, 0.717) is 12.5 Å². The van der Waals surface area contributed by atoms with Crippen molar-refractivity contribution in [2.75, 3.05) is 26.2 Å². The number of benzene rings is 1.